The second kappa shape index (κ2) is 8.33. The Morgan fingerprint density at radius 2 is 1.67 bits per heavy atom. The molecule has 1 heterocycles. The summed E-state index contributed by atoms with van der Waals surface area (Å²) in [6.07, 6.45) is 0.697. The van der Waals surface area contributed by atoms with Gasteiger partial charge in [0.25, 0.3) is 5.91 Å². The lowest BCUT2D eigenvalue weighted by atomic mass is 10.0. The Hall–Kier alpha value is -3.73. The molecule has 0 saturated carbocycles. The van der Waals surface area contributed by atoms with Crippen molar-refractivity contribution in [2.75, 3.05) is 13.6 Å². The lowest BCUT2D eigenvalue weighted by Gasteiger charge is -2.18. The molecule has 5 nitrogen and oxygen atoms in total. The van der Waals surface area contributed by atoms with Crippen LogP contribution in [0.25, 0.3) is 16.5 Å². The van der Waals surface area contributed by atoms with E-state index in [0.717, 1.165) is 5.69 Å². The van der Waals surface area contributed by atoms with Crippen molar-refractivity contribution in [2.45, 2.75) is 13.3 Å². The number of rotatable bonds is 5. The first-order valence-corrected chi connectivity index (χ1v) is 9.93. The van der Waals surface area contributed by atoms with Crippen molar-refractivity contribution in [3.05, 3.63) is 106 Å². The molecule has 4 aromatic rings. The number of hydrogen-bond acceptors (Lipinski definition) is 3. The third-order valence-electron chi connectivity index (χ3n) is 5.25. The molecular formula is C25H23N3O2. The van der Waals surface area contributed by atoms with Crippen LogP contribution in [0.3, 0.4) is 0 Å². The zero-order valence-corrected chi connectivity index (χ0v) is 17.1. The Morgan fingerprint density at radius 1 is 0.967 bits per heavy atom. The van der Waals surface area contributed by atoms with E-state index in [0.29, 0.717) is 18.7 Å². The van der Waals surface area contributed by atoms with Crippen LogP contribution in [0.2, 0.25) is 0 Å². The van der Waals surface area contributed by atoms with Crippen molar-refractivity contribution in [2.24, 2.45) is 0 Å². The third kappa shape index (κ3) is 3.87. The highest BCUT2D eigenvalue weighted by molar-refractivity contribution is 5.92. The smallest absolute Gasteiger partial charge is 0.278 e. The van der Waals surface area contributed by atoms with Gasteiger partial charge in [0.05, 0.1) is 5.69 Å². The van der Waals surface area contributed by atoms with Gasteiger partial charge in [-0.15, -0.1) is 0 Å². The fourth-order valence-corrected chi connectivity index (χ4v) is 3.61. The fraction of sp³-hybridized carbons (Fsp3) is 0.160. The predicted octanol–water partition coefficient (Wildman–Crippen LogP) is 4.01. The first-order valence-electron chi connectivity index (χ1n) is 9.93. The van der Waals surface area contributed by atoms with Gasteiger partial charge in [-0.3, -0.25) is 9.59 Å². The molecule has 150 valence electrons. The topological polar surface area (TPSA) is 55.2 Å². The molecule has 1 amide bonds. The number of fused-ring (bicyclic) bond motifs is 1. The summed E-state index contributed by atoms with van der Waals surface area (Å²) in [4.78, 5) is 27.1. The monoisotopic (exact) mass is 397 g/mol. The third-order valence-corrected chi connectivity index (χ3v) is 5.25. The summed E-state index contributed by atoms with van der Waals surface area (Å²) in [5, 5.41) is 6.74. The molecule has 3 aromatic carbocycles. The normalized spacial score (nSPS) is 10.9. The summed E-state index contributed by atoms with van der Waals surface area (Å²) in [6, 6.07) is 25.3. The van der Waals surface area contributed by atoms with Crippen LogP contribution in [-0.2, 0) is 6.42 Å². The van der Waals surface area contributed by atoms with Crippen LogP contribution in [0.4, 0.5) is 0 Å². The van der Waals surface area contributed by atoms with Crippen LogP contribution < -0.4 is 5.43 Å². The quantitative estimate of drug-likeness (QED) is 0.511. The van der Waals surface area contributed by atoms with Crippen LogP contribution in [-0.4, -0.2) is 34.2 Å². The van der Waals surface area contributed by atoms with Gasteiger partial charge in [-0.25, -0.2) is 4.68 Å². The average Bonchev–Trinajstić information content (AvgIpc) is 2.77. The van der Waals surface area contributed by atoms with E-state index >= 15 is 0 Å². The number of carbonyl (C=O) groups is 1. The van der Waals surface area contributed by atoms with Gasteiger partial charge in [0, 0.05) is 25.4 Å². The van der Waals surface area contributed by atoms with Crippen molar-refractivity contribution >= 4 is 16.7 Å². The van der Waals surface area contributed by atoms with Crippen LogP contribution >= 0.6 is 0 Å². The minimum absolute atomic E-state index is 0.0649. The zero-order valence-electron chi connectivity index (χ0n) is 17.1. The predicted molar refractivity (Wildman–Crippen MR) is 119 cm³/mol. The Morgan fingerprint density at radius 3 is 2.47 bits per heavy atom. The van der Waals surface area contributed by atoms with Gasteiger partial charge >= 0.3 is 0 Å². The summed E-state index contributed by atoms with van der Waals surface area (Å²) < 4.78 is 1.63. The Kier molecular flexibility index (Phi) is 5.44. The first-order chi connectivity index (χ1) is 14.5. The van der Waals surface area contributed by atoms with Gasteiger partial charge in [0.1, 0.15) is 0 Å². The SMILES string of the molecule is Cc1cc(=O)c(C(=O)N(C)CCc2cccc3ccccc23)nn1-c1ccccc1. The molecule has 0 saturated heterocycles. The first kappa shape index (κ1) is 19.6. The molecule has 0 N–H and O–H groups in total. The van der Waals surface area contributed by atoms with E-state index in [1.54, 1.807) is 23.6 Å². The molecule has 30 heavy (non-hydrogen) atoms. The summed E-state index contributed by atoms with van der Waals surface area (Å²) in [5.74, 6) is -0.370. The van der Waals surface area contributed by atoms with E-state index in [1.807, 2.05) is 48.5 Å². The molecule has 0 unspecified atom stereocenters. The van der Waals surface area contributed by atoms with Crippen LogP contribution in [0.1, 0.15) is 21.7 Å². The number of likely N-dealkylation sites (N-methyl/N-ethyl adjacent to an activating group) is 1. The molecule has 0 aliphatic heterocycles. The molecule has 0 atom stereocenters. The van der Waals surface area contributed by atoms with Crippen LogP contribution in [0, 0.1) is 6.92 Å². The molecule has 0 aliphatic rings. The minimum atomic E-state index is -0.370. The maximum atomic E-state index is 13.0. The largest absolute Gasteiger partial charge is 0.340 e. The number of carbonyl (C=O) groups excluding carboxylic acids is 1. The Labute approximate surface area is 175 Å². The molecule has 0 aliphatic carbocycles. The molecule has 0 fully saturated rings. The van der Waals surface area contributed by atoms with E-state index < -0.39 is 0 Å². The van der Waals surface area contributed by atoms with Gasteiger partial charge < -0.3 is 4.90 Å². The van der Waals surface area contributed by atoms with E-state index in [2.05, 4.69) is 29.4 Å². The van der Waals surface area contributed by atoms with Crippen molar-refractivity contribution < 1.29 is 4.79 Å². The van der Waals surface area contributed by atoms with Gasteiger partial charge in [-0.05, 0) is 41.8 Å². The summed E-state index contributed by atoms with van der Waals surface area (Å²) in [7, 11) is 1.71. The fourth-order valence-electron chi connectivity index (χ4n) is 3.61. The van der Waals surface area contributed by atoms with Crippen molar-refractivity contribution in [3.8, 4) is 5.69 Å². The standard InChI is InChI=1S/C25H23N3O2/c1-18-17-23(29)24(26-28(18)21-12-4-3-5-13-21)25(30)27(2)16-15-20-11-8-10-19-9-6-7-14-22(19)20/h3-14,17H,15-16H2,1-2H3. The van der Waals surface area contributed by atoms with E-state index in [1.165, 1.54) is 22.4 Å². The number of nitrogens with zero attached hydrogens (tertiary/aromatic N) is 3. The van der Waals surface area contributed by atoms with E-state index in [9.17, 15) is 9.59 Å². The molecule has 0 spiro atoms. The molecular weight excluding hydrogens is 374 g/mol. The number of amides is 1. The van der Waals surface area contributed by atoms with Gasteiger partial charge in [0.2, 0.25) is 5.43 Å². The van der Waals surface area contributed by atoms with Gasteiger partial charge in [0.15, 0.2) is 5.69 Å². The van der Waals surface area contributed by atoms with Crippen molar-refractivity contribution in [1.82, 2.24) is 14.7 Å². The number of aryl methyl sites for hydroxylation is 1. The second-order valence-electron chi connectivity index (χ2n) is 7.36. The number of benzene rings is 3. The van der Waals surface area contributed by atoms with Gasteiger partial charge in [-0.2, -0.15) is 5.10 Å². The Bertz CT molecular complexity index is 1260. The molecule has 5 heteroatoms. The second-order valence-corrected chi connectivity index (χ2v) is 7.36. The molecule has 4 rings (SSSR count). The Balaban J connectivity index is 1.57. The molecule has 0 bridgehead atoms. The maximum Gasteiger partial charge on any atom is 0.278 e. The summed E-state index contributed by atoms with van der Waals surface area (Å²) in [5.41, 5.74) is 2.24. The highest BCUT2D eigenvalue weighted by atomic mass is 16.2. The lowest BCUT2D eigenvalue weighted by molar-refractivity contribution is 0.0787. The molecule has 1 aromatic heterocycles. The summed E-state index contributed by atoms with van der Waals surface area (Å²) in [6.45, 7) is 2.30. The number of hydrogen-bond donors (Lipinski definition) is 0. The highest BCUT2D eigenvalue weighted by Gasteiger charge is 2.19. The maximum absolute atomic E-state index is 13.0. The van der Waals surface area contributed by atoms with Crippen LogP contribution in [0.15, 0.2) is 83.7 Å². The highest BCUT2D eigenvalue weighted by Crippen LogP contribution is 2.19. The van der Waals surface area contributed by atoms with E-state index in [4.69, 9.17) is 0 Å². The zero-order chi connectivity index (χ0) is 21.1. The number of para-hydroxylation sites is 1. The minimum Gasteiger partial charge on any atom is -0.340 e. The molecule has 0 radical (unpaired) electrons. The van der Waals surface area contributed by atoms with E-state index in [-0.39, 0.29) is 17.0 Å². The lowest BCUT2D eigenvalue weighted by Crippen LogP contribution is -2.34. The van der Waals surface area contributed by atoms with Crippen molar-refractivity contribution in [3.63, 3.8) is 0 Å². The average molecular weight is 397 g/mol. The number of aromatic nitrogens is 2. The van der Waals surface area contributed by atoms with Crippen molar-refractivity contribution in [1.29, 1.82) is 0 Å². The van der Waals surface area contributed by atoms with Gasteiger partial charge in [-0.1, -0.05) is 60.7 Å². The van der Waals surface area contributed by atoms with Crippen LogP contribution in [0.5, 0.6) is 0 Å². The summed E-state index contributed by atoms with van der Waals surface area (Å²) >= 11 is 0.